The second-order valence-electron chi connectivity index (χ2n) is 4.48. The number of sulfonamides is 1. The number of halogens is 2. The van der Waals surface area contributed by atoms with E-state index in [-0.39, 0.29) is 0 Å². The second-order valence-corrected chi connectivity index (χ2v) is 9.21. The summed E-state index contributed by atoms with van der Waals surface area (Å²) in [6, 6.07) is 5.08. The average molecular weight is 429 g/mol. The number of hydrogen-bond acceptors (Lipinski definition) is 3. The first kappa shape index (κ1) is 15.8. The monoisotopic (exact) mass is 427 g/mol. The highest BCUT2D eigenvalue weighted by Crippen LogP contribution is 2.26. The van der Waals surface area contributed by atoms with Gasteiger partial charge in [-0.15, -0.1) is 0 Å². The lowest BCUT2D eigenvalue weighted by Gasteiger charge is -2.21. The van der Waals surface area contributed by atoms with Crippen LogP contribution in [-0.4, -0.2) is 26.5 Å². The van der Waals surface area contributed by atoms with E-state index in [1.807, 2.05) is 11.8 Å². The Bertz CT molecular complexity index is 543. The van der Waals surface area contributed by atoms with Crippen LogP contribution in [0, 0.1) is 5.92 Å². The zero-order valence-electron chi connectivity index (χ0n) is 10.2. The number of thioether (sulfide) groups is 1. The molecule has 0 spiro atoms. The Kier molecular flexibility index (Phi) is 5.77. The molecule has 0 radical (unpaired) electrons. The third-order valence-corrected chi connectivity index (χ3v) is 7.03. The molecule has 1 aromatic carbocycles. The summed E-state index contributed by atoms with van der Waals surface area (Å²) in [5, 5.41) is 0. The minimum atomic E-state index is -3.43. The molecule has 2 rings (SSSR count). The van der Waals surface area contributed by atoms with Crippen molar-refractivity contribution >= 4 is 53.6 Å². The molecule has 0 aliphatic carbocycles. The fraction of sp³-hybridized carbons (Fsp3) is 0.500. The third-order valence-electron chi connectivity index (χ3n) is 3.09. The van der Waals surface area contributed by atoms with Crippen LogP contribution in [0.4, 0.5) is 0 Å². The molecule has 3 nitrogen and oxygen atoms in total. The van der Waals surface area contributed by atoms with E-state index in [4.69, 9.17) is 0 Å². The molecule has 19 heavy (non-hydrogen) atoms. The molecule has 1 aromatic rings. The topological polar surface area (TPSA) is 46.2 Å². The first-order valence-corrected chi connectivity index (χ1v) is 10.2. The molecule has 0 aromatic heterocycles. The van der Waals surface area contributed by atoms with Gasteiger partial charge in [-0.2, -0.15) is 11.8 Å². The van der Waals surface area contributed by atoms with Crippen molar-refractivity contribution in [3.63, 3.8) is 0 Å². The van der Waals surface area contributed by atoms with Crippen molar-refractivity contribution < 1.29 is 8.42 Å². The largest absolute Gasteiger partial charge is 0.241 e. The van der Waals surface area contributed by atoms with E-state index in [2.05, 4.69) is 36.6 Å². The summed E-state index contributed by atoms with van der Waals surface area (Å²) in [5.74, 6) is 2.73. The predicted molar refractivity (Wildman–Crippen MR) is 87.1 cm³/mol. The van der Waals surface area contributed by atoms with Gasteiger partial charge in [0.25, 0.3) is 0 Å². The van der Waals surface area contributed by atoms with Gasteiger partial charge in [0, 0.05) is 15.5 Å². The molecule has 1 heterocycles. The highest BCUT2D eigenvalue weighted by atomic mass is 79.9. The van der Waals surface area contributed by atoms with E-state index in [0.717, 1.165) is 28.8 Å². The van der Waals surface area contributed by atoms with Crippen LogP contribution < -0.4 is 4.72 Å². The number of rotatable bonds is 4. The van der Waals surface area contributed by atoms with Gasteiger partial charge in [0.05, 0.1) is 4.90 Å². The Morgan fingerprint density at radius 1 is 1.26 bits per heavy atom. The van der Waals surface area contributed by atoms with Crippen LogP contribution in [0.1, 0.15) is 12.8 Å². The summed E-state index contributed by atoms with van der Waals surface area (Å²) in [7, 11) is -3.43. The Labute approximate surface area is 135 Å². The maximum absolute atomic E-state index is 12.2. The lowest BCUT2D eigenvalue weighted by atomic mass is 10.0. The Morgan fingerprint density at radius 2 is 1.95 bits per heavy atom. The normalized spacial score (nSPS) is 17.6. The van der Waals surface area contributed by atoms with Gasteiger partial charge >= 0.3 is 0 Å². The van der Waals surface area contributed by atoms with E-state index < -0.39 is 10.0 Å². The summed E-state index contributed by atoms with van der Waals surface area (Å²) >= 11 is 8.56. The van der Waals surface area contributed by atoms with Gasteiger partial charge < -0.3 is 0 Å². The average Bonchev–Trinajstić information content (AvgIpc) is 2.37. The molecule has 1 fully saturated rings. The fourth-order valence-corrected chi connectivity index (χ4v) is 6.01. The number of benzene rings is 1. The molecule has 0 amide bonds. The maximum Gasteiger partial charge on any atom is 0.241 e. The van der Waals surface area contributed by atoms with Crippen LogP contribution >= 0.6 is 43.6 Å². The summed E-state index contributed by atoms with van der Waals surface area (Å²) in [6.45, 7) is 0.533. The van der Waals surface area contributed by atoms with Crippen molar-refractivity contribution in [1.29, 1.82) is 0 Å². The molecule has 0 unspecified atom stereocenters. The molecular formula is C12H15Br2NO2S2. The van der Waals surface area contributed by atoms with Crippen molar-refractivity contribution in [1.82, 2.24) is 4.72 Å². The van der Waals surface area contributed by atoms with Gasteiger partial charge in [0.1, 0.15) is 0 Å². The number of hydrogen-bond donors (Lipinski definition) is 1. The number of nitrogens with one attached hydrogen (secondary N) is 1. The summed E-state index contributed by atoms with van der Waals surface area (Å²) in [6.07, 6.45) is 2.18. The smallest absolute Gasteiger partial charge is 0.211 e. The molecule has 106 valence electrons. The SMILES string of the molecule is O=S(=O)(NCC1CCSCC1)c1ccc(Br)cc1Br. The van der Waals surface area contributed by atoms with E-state index in [1.54, 1.807) is 18.2 Å². The molecule has 1 aliphatic heterocycles. The predicted octanol–water partition coefficient (Wildman–Crippen LogP) is 3.63. The van der Waals surface area contributed by atoms with Crippen molar-refractivity contribution in [2.45, 2.75) is 17.7 Å². The van der Waals surface area contributed by atoms with Gasteiger partial charge in [0.2, 0.25) is 10.0 Å². The van der Waals surface area contributed by atoms with E-state index >= 15 is 0 Å². The molecule has 1 saturated heterocycles. The molecular weight excluding hydrogens is 414 g/mol. The van der Waals surface area contributed by atoms with Gasteiger partial charge in [-0.05, 0) is 64.4 Å². The van der Waals surface area contributed by atoms with Crippen LogP contribution in [0.5, 0.6) is 0 Å². The van der Waals surface area contributed by atoms with Crippen LogP contribution in [0.2, 0.25) is 0 Å². The third kappa shape index (κ3) is 4.46. The zero-order chi connectivity index (χ0) is 13.9. The molecule has 0 bridgehead atoms. The molecule has 1 aliphatic rings. The minimum Gasteiger partial charge on any atom is -0.211 e. The Morgan fingerprint density at radius 3 is 2.58 bits per heavy atom. The molecule has 0 saturated carbocycles. The van der Waals surface area contributed by atoms with Gasteiger partial charge in [-0.25, -0.2) is 13.1 Å². The van der Waals surface area contributed by atoms with Crippen LogP contribution in [-0.2, 0) is 10.0 Å². The highest BCUT2D eigenvalue weighted by Gasteiger charge is 2.20. The maximum atomic E-state index is 12.2. The van der Waals surface area contributed by atoms with E-state index in [1.165, 1.54) is 0 Å². The fourth-order valence-electron chi connectivity index (χ4n) is 1.95. The first-order chi connectivity index (χ1) is 8.99. The van der Waals surface area contributed by atoms with Crippen LogP contribution in [0.25, 0.3) is 0 Å². The Balaban J connectivity index is 2.05. The van der Waals surface area contributed by atoms with Crippen molar-refractivity contribution in [3.05, 3.63) is 27.1 Å². The molecule has 0 atom stereocenters. The highest BCUT2D eigenvalue weighted by molar-refractivity contribution is 9.11. The van der Waals surface area contributed by atoms with Crippen molar-refractivity contribution in [3.8, 4) is 0 Å². The lowest BCUT2D eigenvalue weighted by Crippen LogP contribution is -2.31. The van der Waals surface area contributed by atoms with Gasteiger partial charge in [0.15, 0.2) is 0 Å². The zero-order valence-corrected chi connectivity index (χ0v) is 15.0. The minimum absolute atomic E-state index is 0.292. The second kappa shape index (κ2) is 6.93. The molecule has 1 N–H and O–H groups in total. The van der Waals surface area contributed by atoms with Gasteiger partial charge in [-0.3, -0.25) is 0 Å². The quantitative estimate of drug-likeness (QED) is 0.796. The van der Waals surface area contributed by atoms with Gasteiger partial charge in [-0.1, -0.05) is 15.9 Å². The standard InChI is InChI=1S/C12H15Br2NO2S2/c13-10-1-2-12(11(14)7-10)19(16,17)15-8-9-3-5-18-6-4-9/h1-2,7,9,15H,3-6,8H2. The summed E-state index contributed by atoms with van der Waals surface area (Å²) in [5.41, 5.74) is 0. The Hall–Kier alpha value is 0.440. The van der Waals surface area contributed by atoms with Crippen LogP contribution in [0.3, 0.4) is 0 Å². The van der Waals surface area contributed by atoms with Crippen LogP contribution in [0.15, 0.2) is 32.0 Å². The van der Waals surface area contributed by atoms with Crippen molar-refractivity contribution in [2.24, 2.45) is 5.92 Å². The summed E-state index contributed by atoms with van der Waals surface area (Å²) in [4.78, 5) is 0.292. The van der Waals surface area contributed by atoms with Crippen molar-refractivity contribution in [2.75, 3.05) is 18.1 Å². The summed E-state index contributed by atoms with van der Waals surface area (Å²) < 4.78 is 28.6. The van der Waals surface area contributed by atoms with E-state index in [9.17, 15) is 8.42 Å². The first-order valence-electron chi connectivity index (χ1n) is 6.01. The van der Waals surface area contributed by atoms with E-state index in [0.29, 0.717) is 21.8 Å². The molecule has 7 heteroatoms. The lowest BCUT2D eigenvalue weighted by molar-refractivity contribution is 0.476.